The minimum Gasteiger partial charge on any atom is -0.369 e. The maximum Gasteiger partial charge on any atom is 0.274 e. The lowest BCUT2D eigenvalue weighted by Gasteiger charge is -2.44. The summed E-state index contributed by atoms with van der Waals surface area (Å²) in [5, 5.41) is 11.0. The number of nitro groups is 1. The first-order valence-corrected chi connectivity index (χ1v) is 27.3. The molecule has 8 unspecified atom stereocenters. The lowest BCUT2D eigenvalue weighted by Crippen LogP contribution is -2.61. The van der Waals surface area contributed by atoms with E-state index in [4.69, 9.17) is 18.9 Å². The molecule has 4 fully saturated rings. The van der Waals surface area contributed by atoms with Crippen LogP contribution >= 0.6 is 70.4 Å². The Kier molecular flexibility index (Phi) is 20.8. The molecule has 8 atom stereocenters. The first-order valence-electron chi connectivity index (χ1n) is 21.9. The highest BCUT2D eigenvalue weighted by Gasteiger charge is 2.52. The number of benzene rings is 5. The van der Waals surface area contributed by atoms with Gasteiger partial charge in [-0.05, 0) is 82.6 Å². The Balaban J connectivity index is 0.000000158. The number of β-lactam (4-membered cyclic amide) rings is 4. The van der Waals surface area contributed by atoms with Crippen LogP contribution in [0.1, 0.15) is 40.4 Å². The van der Waals surface area contributed by atoms with Crippen LogP contribution in [0.3, 0.4) is 0 Å². The van der Waals surface area contributed by atoms with Crippen LogP contribution in [0.15, 0.2) is 138 Å². The third-order valence-corrected chi connectivity index (χ3v) is 16.1. The molecule has 0 radical (unpaired) electrons. The Hall–Kier alpha value is -5.16. The quantitative estimate of drug-likeness (QED) is 0.0274. The van der Waals surface area contributed by atoms with E-state index in [1.165, 1.54) is 86.3 Å². The molecule has 0 N–H and O–H groups in total. The van der Waals surface area contributed by atoms with Crippen molar-refractivity contribution >= 4 is 99.7 Å². The maximum atomic E-state index is 13.6. The van der Waals surface area contributed by atoms with Crippen molar-refractivity contribution in [2.75, 3.05) is 47.2 Å². The Bertz CT molecular complexity index is 2640. The molecule has 4 aliphatic rings. The monoisotopic (exact) mass is 1170 g/mol. The third-order valence-electron chi connectivity index (χ3n) is 11.6. The molecule has 378 valence electrons. The van der Waals surface area contributed by atoms with Gasteiger partial charge in [0, 0.05) is 72.9 Å². The minimum atomic E-state index is -0.640. The van der Waals surface area contributed by atoms with Gasteiger partial charge in [0.15, 0.2) is 24.4 Å². The molecule has 4 aliphatic heterocycles. The molecule has 15 nitrogen and oxygen atoms in total. The molecule has 4 saturated heterocycles. The van der Waals surface area contributed by atoms with Crippen molar-refractivity contribution < 1.29 is 47.4 Å². The predicted molar refractivity (Wildman–Crippen MR) is 287 cm³/mol. The molecule has 9 rings (SSSR count). The molecule has 0 aromatic heterocycles. The van der Waals surface area contributed by atoms with Crippen molar-refractivity contribution in [3.05, 3.63) is 175 Å². The zero-order valence-electron chi connectivity index (χ0n) is 40.0. The summed E-state index contributed by atoms with van der Waals surface area (Å²) in [5.41, 5.74) is 3.10. The van der Waals surface area contributed by atoms with Crippen LogP contribution in [0.25, 0.3) is 0 Å². The summed E-state index contributed by atoms with van der Waals surface area (Å²) < 4.78 is 41.9. The zero-order valence-corrected chi connectivity index (χ0v) is 45.5. The fraction of sp³-hybridized carbons (Fsp3) is 0.294. The van der Waals surface area contributed by atoms with Crippen LogP contribution in [-0.2, 0) is 38.1 Å². The van der Waals surface area contributed by atoms with Gasteiger partial charge in [0.05, 0.1) is 10.5 Å². The van der Waals surface area contributed by atoms with Crippen molar-refractivity contribution in [1.29, 1.82) is 0 Å². The molecular formula is C51H51FIN5O10S4. The molecule has 5 aromatic rings. The van der Waals surface area contributed by atoms with E-state index in [-0.39, 0.29) is 59.4 Å². The van der Waals surface area contributed by atoms with E-state index in [0.29, 0.717) is 11.1 Å². The molecule has 0 saturated carbocycles. The number of carbonyl (C=O) groups is 4. The minimum absolute atomic E-state index is 0.0103. The van der Waals surface area contributed by atoms with Crippen LogP contribution in [0, 0.1) is 31.3 Å². The van der Waals surface area contributed by atoms with Crippen LogP contribution < -0.4 is 0 Å². The Labute approximate surface area is 449 Å². The summed E-state index contributed by atoms with van der Waals surface area (Å²) >= 11 is 7.67. The Morgan fingerprint density at radius 1 is 0.542 bits per heavy atom. The fourth-order valence-corrected chi connectivity index (χ4v) is 11.9. The van der Waals surface area contributed by atoms with Gasteiger partial charge >= 0.3 is 0 Å². The van der Waals surface area contributed by atoms with Crippen molar-refractivity contribution in [2.45, 2.75) is 53.5 Å². The smallest absolute Gasteiger partial charge is 0.274 e. The fourth-order valence-electron chi connectivity index (χ4n) is 7.99. The lowest BCUT2D eigenvalue weighted by molar-refractivity contribution is -0.386. The van der Waals surface area contributed by atoms with Crippen LogP contribution in [0.4, 0.5) is 10.1 Å². The van der Waals surface area contributed by atoms with E-state index in [1.54, 1.807) is 71.7 Å². The molecule has 5 aromatic carbocycles. The molecule has 0 spiro atoms. The van der Waals surface area contributed by atoms with Gasteiger partial charge in [-0.2, -0.15) is 0 Å². The first kappa shape index (κ1) is 56.1. The second-order valence-electron chi connectivity index (χ2n) is 15.5. The maximum absolute atomic E-state index is 13.6. The van der Waals surface area contributed by atoms with E-state index in [2.05, 4.69) is 34.4 Å². The van der Waals surface area contributed by atoms with Crippen molar-refractivity contribution in [3.63, 3.8) is 0 Å². The average Bonchev–Trinajstić information content (AvgIpc) is 3.39. The largest absolute Gasteiger partial charge is 0.369 e. The molecule has 21 heteroatoms. The molecule has 0 bridgehead atoms. The highest BCUT2D eigenvalue weighted by atomic mass is 127. The molecule has 4 amide bonds. The molecule has 0 aliphatic carbocycles. The number of carbonyl (C=O) groups excluding carboxylic acids is 4. The number of hydrogen-bond acceptors (Lipinski definition) is 14. The summed E-state index contributed by atoms with van der Waals surface area (Å²) in [7, 11) is 6.03. The number of halogens is 2. The number of ether oxygens (including phenoxy) is 4. The summed E-state index contributed by atoms with van der Waals surface area (Å²) in [6, 6.07) is 39.6. The average molecular weight is 1170 g/mol. The SMILES string of the molecule is COC1C(=O)N(SC)C1c1ccccc1F.COC1C(=O)N(SC)C1c1ccccc1I.COC1C(=O)N(SC)C1c1ccccc1[N+](=O)[O-].COC1C(=O)N(Sc2ccccc2)C1C#Cc1ccccc1. The van der Waals surface area contributed by atoms with E-state index < -0.39 is 29.3 Å². The number of hydrogen-bond donors (Lipinski definition) is 0. The Morgan fingerprint density at radius 3 is 1.42 bits per heavy atom. The topological polar surface area (TPSA) is 161 Å². The number of nitro benzene ring substituents is 1. The standard InChI is InChI=1S/C18H15NO2S.C11H12FNO2S.C11H12INO2S.C11H12N2O4S/c1-21-17-16(13-12-14-8-4-2-5-9-14)19(18(17)20)22-15-10-6-3-7-11-15;2*1-15-10-9(13(16-2)11(10)14)7-5-3-4-6-8(7)12;1-17-10-9(12(18-2)11(10)14)7-5-3-4-6-8(7)13(15)16/h2-11,16-17H,1H3;2*3-6,9-10H,1-2H3;3-6,9-10H,1-2H3. The number of para-hydroxylation sites is 1. The van der Waals surface area contributed by atoms with Gasteiger partial charge in [0.1, 0.15) is 30.0 Å². The highest BCUT2D eigenvalue weighted by molar-refractivity contribution is 14.1. The lowest BCUT2D eigenvalue weighted by atomic mass is 9.92. The summed E-state index contributed by atoms with van der Waals surface area (Å²) in [6.07, 6.45) is 3.44. The van der Waals surface area contributed by atoms with Gasteiger partial charge in [-0.15, -0.1) is 0 Å². The zero-order chi connectivity index (χ0) is 52.1. The van der Waals surface area contributed by atoms with Crippen molar-refractivity contribution in [2.24, 2.45) is 0 Å². The van der Waals surface area contributed by atoms with Crippen LogP contribution in [0.5, 0.6) is 0 Å². The van der Waals surface area contributed by atoms with Gasteiger partial charge in [-0.1, -0.05) is 133 Å². The van der Waals surface area contributed by atoms with E-state index in [1.807, 2.05) is 91.2 Å². The van der Waals surface area contributed by atoms with E-state index >= 15 is 0 Å². The van der Waals surface area contributed by atoms with Crippen LogP contribution in [0.2, 0.25) is 0 Å². The second-order valence-corrected chi connectivity index (χ2v) is 20.0. The molecular weight excluding hydrogens is 1120 g/mol. The summed E-state index contributed by atoms with van der Waals surface area (Å²) in [4.78, 5) is 58.7. The van der Waals surface area contributed by atoms with Gasteiger partial charge in [0.25, 0.3) is 29.3 Å². The predicted octanol–water partition coefficient (Wildman–Crippen LogP) is 9.21. The number of methoxy groups -OCH3 is 4. The van der Waals surface area contributed by atoms with Gasteiger partial charge in [-0.3, -0.25) is 46.5 Å². The molecule has 72 heavy (non-hydrogen) atoms. The van der Waals surface area contributed by atoms with Crippen molar-refractivity contribution in [1.82, 2.24) is 17.2 Å². The third kappa shape index (κ3) is 12.3. The highest BCUT2D eigenvalue weighted by Crippen LogP contribution is 2.45. The summed E-state index contributed by atoms with van der Waals surface area (Å²) in [6.45, 7) is 0. The summed E-state index contributed by atoms with van der Waals surface area (Å²) in [5.74, 6) is 5.70. The first-order chi connectivity index (χ1) is 34.8. The van der Waals surface area contributed by atoms with Gasteiger partial charge in [-0.25, -0.2) is 4.39 Å². The van der Waals surface area contributed by atoms with Gasteiger partial charge < -0.3 is 18.9 Å². The number of nitrogens with zero attached hydrogens (tertiary/aromatic N) is 5. The molecule has 4 heterocycles. The van der Waals surface area contributed by atoms with E-state index in [9.17, 15) is 33.7 Å². The Morgan fingerprint density at radius 2 is 0.944 bits per heavy atom. The van der Waals surface area contributed by atoms with Crippen LogP contribution in [-0.4, -0.2) is 123 Å². The second kappa shape index (κ2) is 26.7. The van der Waals surface area contributed by atoms with Crippen molar-refractivity contribution in [3.8, 4) is 11.8 Å². The normalized spacial score (nSPS) is 22.7. The number of amides is 4. The van der Waals surface area contributed by atoms with E-state index in [0.717, 1.165) is 16.0 Å². The van der Waals surface area contributed by atoms with Gasteiger partial charge in [0.2, 0.25) is 0 Å². The number of rotatable bonds is 13.